The fraction of sp³-hybridized carbons (Fsp3) is 0.240. The van der Waals surface area contributed by atoms with Crippen molar-refractivity contribution in [1.29, 1.82) is 0 Å². The van der Waals surface area contributed by atoms with Crippen LogP contribution in [0.5, 0.6) is 11.5 Å². The molecule has 4 rings (SSSR count). The van der Waals surface area contributed by atoms with E-state index in [1.54, 1.807) is 7.11 Å². The molecule has 30 heavy (non-hydrogen) atoms. The van der Waals surface area contributed by atoms with Crippen molar-refractivity contribution in [3.8, 4) is 11.5 Å². The molecule has 154 valence electrons. The summed E-state index contributed by atoms with van der Waals surface area (Å²) < 4.78 is 11.3. The van der Waals surface area contributed by atoms with Gasteiger partial charge >= 0.3 is 0 Å². The van der Waals surface area contributed by atoms with E-state index < -0.39 is 0 Å². The van der Waals surface area contributed by atoms with Gasteiger partial charge < -0.3 is 20.1 Å². The summed E-state index contributed by atoms with van der Waals surface area (Å²) in [6.07, 6.45) is 0.587. The first-order valence-corrected chi connectivity index (χ1v) is 10.1. The SMILES string of the molecule is COc1cccc2c1CC(C(=O)Nc1ccccc1NCc1ccccc1C)CO2. The zero-order valence-corrected chi connectivity index (χ0v) is 17.3. The highest BCUT2D eigenvalue weighted by Crippen LogP contribution is 2.35. The van der Waals surface area contributed by atoms with Crippen LogP contribution in [0.4, 0.5) is 11.4 Å². The second-order valence-corrected chi connectivity index (χ2v) is 7.46. The van der Waals surface area contributed by atoms with Crippen molar-refractivity contribution in [1.82, 2.24) is 0 Å². The molecule has 0 fully saturated rings. The molecule has 5 nitrogen and oxygen atoms in total. The van der Waals surface area contributed by atoms with Crippen LogP contribution in [-0.4, -0.2) is 19.6 Å². The lowest BCUT2D eigenvalue weighted by atomic mass is 9.95. The Morgan fingerprint density at radius 1 is 1.03 bits per heavy atom. The number of amides is 1. The summed E-state index contributed by atoms with van der Waals surface area (Å²) in [5.41, 5.74) is 5.06. The molecule has 0 saturated heterocycles. The van der Waals surface area contributed by atoms with Gasteiger partial charge in [-0.3, -0.25) is 4.79 Å². The van der Waals surface area contributed by atoms with Crippen LogP contribution in [0.25, 0.3) is 0 Å². The molecule has 1 aliphatic heterocycles. The van der Waals surface area contributed by atoms with Gasteiger partial charge in [-0.15, -0.1) is 0 Å². The van der Waals surface area contributed by atoms with Crippen LogP contribution in [0.3, 0.4) is 0 Å². The quantitative estimate of drug-likeness (QED) is 0.621. The monoisotopic (exact) mass is 402 g/mol. The minimum Gasteiger partial charge on any atom is -0.496 e. The Balaban J connectivity index is 1.46. The van der Waals surface area contributed by atoms with Crippen molar-refractivity contribution in [2.24, 2.45) is 5.92 Å². The molecule has 1 heterocycles. The highest BCUT2D eigenvalue weighted by atomic mass is 16.5. The molecular formula is C25H26N2O3. The lowest BCUT2D eigenvalue weighted by Crippen LogP contribution is -2.33. The molecule has 0 bridgehead atoms. The van der Waals surface area contributed by atoms with E-state index in [1.165, 1.54) is 11.1 Å². The molecule has 0 radical (unpaired) electrons. The van der Waals surface area contributed by atoms with Gasteiger partial charge in [0.2, 0.25) is 5.91 Å². The van der Waals surface area contributed by atoms with Gasteiger partial charge in [-0.2, -0.15) is 0 Å². The molecule has 1 unspecified atom stereocenters. The van der Waals surface area contributed by atoms with Gasteiger partial charge in [0.15, 0.2) is 0 Å². The zero-order valence-electron chi connectivity index (χ0n) is 17.3. The van der Waals surface area contributed by atoms with E-state index in [2.05, 4.69) is 29.7 Å². The van der Waals surface area contributed by atoms with Gasteiger partial charge in [0.05, 0.1) is 24.4 Å². The van der Waals surface area contributed by atoms with Crippen LogP contribution in [0.2, 0.25) is 0 Å². The van der Waals surface area contributed by atoms with Gasteiger partial charge in [-0.05, 0) is 48.7 Å². The molecular weight excluding hydrogens is 376 g/mol. The van der Waals surface area contributed by atoms with Crippen molar-refractivity contribution in [3.63, 3.8) is 0 Å². The predicted molar refractivity (Wildman–Crippen MR) is 119 cm³/mol. The van der Waals surface area contributed by atoms with Crippen LogP contribution in [0.15, 0.2) is 66.7 Å². The van der Waals surface area contributed by atoms with Crippen molar-refractivity contribution >= 4 is 17.3 Å². The Labute approximate surface area is 177 Å². The number of hydrogen-bond donors (Lipinski definition) is 2. The minimum atomic E-state index is -0.279. The maximum Gasteiger partial charge on any atom is 0.231 e. The van der Waals surface area contributed by atoms with Gasteiger partial charge in [-0.25, -0.2) is 0 Å². The number of carbonyl (C=O) groups is 1. The molecule has 1 aliphatic rings. The van der Waals surface area contributed by atoms with E-state index in [4.69, 9.17) is 9.47 Å². The predicted octanol–water partition coefficient (Wildman–Crippen LogP) is 4.81. The van der Waals surface area contributed by atoms with Crippen molar-refractivity contribution in [3.05, 3.63) is 83.4 Å². The molecule has 1 amide bonds. The van der Waals surface area contributed by atoms with E-state index in [1.807, 2.05) is 54.6 Å². The maximum absolute atomic E-state index is 13.0. The average Bonchev–Trinajstić information content (AvgIpc) is 2.78. The van der Waals surface area contributed by atoms with Crippen LogP contribution < -0.4 is 20.1 Å². The summed E-state index contributed by atoms with van der Waals surface area (Å²) in [7, 11) is 1.63. The highest BCUT2D eigenvalue weighted by Gasteiger charge is 2.28. The lowest BCUT2D eigenvalue weighted by Gasteiger charge is -2.26. The molecule has 2 N–H and O–H groups in total. The summed E-state index contributed by atoms with van der Waals surface area (Å²) in [4.78, 5) is 13.0. The van der Waals surface area contributed by atoms with Crippen LogP contribution in [0, 0.1) is 12.8 Å². The Kier molecular flexibility index (Phi) is 5.89. The first kappa shape index (κ1) is 19.8. The third kappa shape index (κ3) is 4.25. The van der Waals surface area contributed by atoms with Crippen molar-refractivity contribution in [2.45, 2.75) is 19.9 Å². The molecule has 3 aromatic rings. The Bertz CT molecular complexity index is 1030. The summed E-state index contributed by atoms with van der Waals surface area (Å²) in [5.74, 6) is 1.21. The second-order valence-electron chi connectivity index (χ2n) is 7.46. The number of methoxy groups -OCH3 is 1. The molecule has 0 spiro atoms. The van der Waals surface area contributed by atoms with Crippen molar-refractivity contribution in [2.75, 3.05) is 24.4 Å². The highest BCUT2D eigenvalue weighted by molar-refractivity contribution is 5.96. The number of nitrogens with one attached hydrogen (secondary N) is 2. The summed E-state index contributed by atoms with van der Waals surface area (Å²) in [6.45, 7) is 3.14. The van der Waals surface area contributed by atoms with Gasteiger partial charge in [0.1, 0.15) is 18.1 Å². The second kappa shape index (κ2) is 8.91. The maximum atomic E-state index is 13.0. The average molecular weight is 402 g/mol. The van der Waals surface area contributed by atoms with E-state index in [-0.39, 0.29) is 11.8 Å². The summed E-state index contributed by atoms with van der Waals surface area (Å²) in [6, 6.07) is 21.7. The third-order valence-corrected chi connectivity index (χ3v) is 5.49. The Morgan fingerprint density at radius 2 is 1.80 bits per heavy atom. The Hall–Kier alpha value is -3.47. The number of fused-ring (bicyclic) bond motifs is 1. The van der Waals surface area contributed by atoms with E-state index >= 15 is 0 Å². The smallest absolute Gasteiger partial charge is 0.231 e. The molecule has 1 atom stereocenters. The normalized spacial score (nSPS) is 14.9. The largest absolute Gasteiger partial charge is 0.496 e. The number of anilines is 2. The minimum absolute atomic E-state index is 0.0586. The van der Waals surface area contributed by atoms with Crippen molar-refractivity contribution < 1.29 is 14.3 Å². The number of benzene rings is 3. The fourth-order valence-electron chi connectivity index (χ4n) is 3.72. The summed E-state index contributed by atoms with van der Waals surface area (Å²) in [5, 5.41) is 6.52. The first-order chi connectivity index (χ1) is 14.7. The number of rotatable bonds is 6. The molecule has 5 heteroatoms. The van der Waals surface area contributed by atoms with Gasteiger partial charge in [-0.1, -0.05) is 42.5 Å². The standard InChI is InChI=1S/C25H26N2O3/c1-17-8-3-4-9-18(17)15-26-21-10-5-6-11-22(21)27-25(28)19-14-20-23(29-2)12-7-13-24(20)30-16-19/h3-13,19,26H,14-16H2,1-2H3,(H,27,28). The van der Waals surface area contributed by atoms with E-state index in [9.17, 15) is 4.79 Å². The Morgan fingerprint density at radius 3 is 2.60 bits per heavy atom. The number of para-hydroxylation sites is 2. The molecule has 0 saturated carbocycles. The van der Waals surface area contributed by atoms with Crippen LogP contribution in [0.1, 0.15) is 16.7 Å². The van der Waals surface area contributed by atoms with Gasteiger partial charge in [0, 0.05) is 12.1 Å². The number of hydrogen-bond acceptors (Lipinski definition) is 4. The zero-order chi connectivity index (χ0) is 20.9. The number of ether oxygens (including phenoxy) is 2. The van der Waals surface area contributed by atoms with Crippen LogP contribution >= 0.6 is 0 Å². The van der Waals surface area contributed by atoms with E-state index in [0.717, 1.165) is 28.4 Å². The fourth-order valence-corrected chi connectivity index (χ4v) is 3.72. The third-order valence-electron chi connectivity index (χ3n) is 5.49. The molecule has 0 aliphatic carbocycles. The molecule has 3 aromatic carbocycles. The topological polar surface area (TPSA) is 59.6 Å². The van der Waals surface area contributed by atoms with Crippen LogP contribution in [-0.2, 0) is 17.8 Å². The number of carbonyl (C=O) groups excluding carboxylic acids is 1. The summed E-state index contributed by atoms with van der Waals surface area (Å²) >= 11 is 0. The van der Waals surface area contributed by atoms with E-state index in [0.29, 0.717) is 19.6 Å². The lowest BCUT2D eigenvalue weighted by molar-refractivity contribution is -0.121. The number of aryl methyl sites for hydroxylation is 1. The molecule has 0 aromatic heterocycles. The first-order valence-electron chi connectivity index (χ1n) is 10.1. The van der Waals surface area contributed by atoms with Gasteiger partial charge in [0.25, 0.3) is 0 Å².